The van der Waals surface area contributed by atoms with Gasteiger partial charge in [-0.2, -0.15) is 11.8 Å². The van der Waals surface area contributed by atoms with Gasteiger partial charge in [0.15, 0.2) is 0 Å². The molecule has 1 aromatic heterocycles. The summed E-state index contributed by atoms with van der Waals surface area (Å²) in [7, 11) is 1.30. The van der Waals surface area contributed by atoms with Crippen LogP contribution >= 0.6 is 11.8 Å². The minimum atomic E-state index is -0.745. The van der Waals surface area contributed by atoms with Crippen LogP contribution in [0.3, 0.4) is 0 Å². The summed E-state index contributed by atoms with van der Waals surface area (Å²) < 4.78 is 20.3. The van der Waals surface area contributed by atoms with Crippen molar-refractivity contribution in [3.63, 3.8) is 0 Å². The molecule has 2 aromatic carbocycles. The standard InChI is InChI=1S/C25H26FN3O3S/c1-32-25(31)23(11-15-33-2)28-24(30)21-10-5-18(4-3-13-29-14-12-27-17-29)16-22(21)19-6-8-20(26)9-7-19/h3-10,12,14,16-17,23H,11,13,15H2,1-2H3,(H,28,30)/b4-3+/t23-/m0/s1. The first-order valence-corrected chi connectivity index (χ1v) is 11.8. The molecule has 1 heterocycles. The van der Waals surface area contributed by atoms with Crippen LogP contribution in [0, 0.1) is 5.82 Å². The van der Waals surface area contributed by atoms with Crippen LogP contribution in [0.15, 0.2) is 67.3 Å². The lowest BCUT2D eigenvalue weighted by atomic mass is 9.96. The molecule has 1 atom stereocenters. The molecule has 6 nitrogen and oxygen atoms in total. The first-order valence-electron chi connectivity index (χ1n) is 10.4. The second kappa shape index (κ2) is 12.0. The Balaban J connectivity index is 1.90. The van der Waals surface area contributed by atoms with Gasteiger partial charge in [-0.1, -0.05) is 30.4 Å². The molecule has 33 heavy (non-hydrogen) atoms. The lowest BCUT2D eigenvalue weighted by Crippen LogP contribution is -2.42. The van der Waals surface area contributed by atoms with E-state index in [9.17, 15) is 14.0 Å². The van der Waals surface area contributed by atoms with E-state index in [4.69, 9.17) is 4.74 Å². The Morgan fingerprint density at radius 2 is 2.03 bits per heavy atom. The number of hydrogen-bond donors (Lipinski definition) is 1. The summed E-state index contributed by atoms with van der Waals surface area (Å²) in [6, 6.07) is 10.7. The quantitative estimate of drug-likeness (QED) is 0.447. The van der Waals surface area contributed by atoms with E-state index < -0.39 is 12.0 Å². The molecular formula is C25H26FN3O3S. The van der Waals surface area contributed by atoms with E-state index >= 15 is 0 Å². The highest BCUT2D eigenvalue weighted by Crippen LogP contribution is 2.26. The van der Waals surface area contributed by atoms with E-state index in [0.717, 1.165) is 5.56 Å². The predicted octanol–water partition coefficient (Wildman–Crippen LogP) is 4.43. The molecule has 0 unspecified atom stereocenters. The molecule has 8 heteroatoms. The molecule has 0 radical (unpaired) electrons. The Hall–Kier alpha value is -3.39. The third-order valence-corrected chi connectivity index (χ3v) is 5.67. The molecule has 0 aliphatic rings. The fraction of sp³-hybridized carbons (Fsp3) is 0.240. The van der Waals surface area contributed by atoms with Crippen LogP contribution in [0.4, 0.5) is 4.39 Å². The van der Waals surface area contributed by atoms with Gasteiger partial charge in [-0.3, -0.25) is 4.79 Å². The maximum Gasteiger partial charge on any atom is 0.328 e. The monoisotopic (exact) mass is 467 g/mol. The lowest BCUT2D eigenvalue weighted by Gasteiger charge is -2.18. The number of imidazole rings is 1. The molecule has 0 fully saturated rings. The zero-order valence-corrected chi connectivity index (χ0v) is 19.3. The maximum absolute atomic E-state index is 13.5. The van der Waals surface area contributed by atoms with Crippen molar-refractivity contribution < 1.29 is 18.7 Å². The molecule has 0 spiro atoms. The molecule has 172 valence electrons. The zero-order chi connectivity index (χ0) is 23.6. The van der Waals surface area contributed by atoms with Gasteiger partial charge >= 0.3 is 5.97 Å². The van der Waals surface area contributed by atoms with Crippen molar-refractivity contribution in [2.45, 2.75) is 19.0 Å². The normalized spacial score (nSPS) is 12.0. The van der Waals surface area contributed by atoms with Gasteiger partial charge in [0.1, 0.15) is 11.9 Å². The Labute approximate surface area is 196 Å². The number of aromatic nitrogens is 2. The van der Waals surface area contributed by atoms with Crippen LogP contribution < -0.4 is 5.32 Å². The van der Waals surface area contributed by atoms with Gasteiger partial charge < -0.3 is 14.6 Å². The second-order valence-corrected chi connectivity index (χ2v) is 8.29. The van der Waals surface area contributed by atoms with Gasteiger partial charge in [-0.25, -0.2) is 14.2 Å². The minimum absolute atomic E-state index is 0.357. The summed E-state index contributed by atoms with van der Waals surface area (Å²) in [5.74, 6) is -0.533. The smallest absolute Gasteiger partial charge is 0.328 e. The molecule has 0 aliphatic heterocycles. The number of methoxy groups -OCH3 is 1. The van der Waals surface area contributed by atoms with Gasteiger partial charge in [-0.05, 0) is 59.4 Å². The molecule has 0 saturated carbocycles. The van der Waals surface area contributed by atoms with Crippen LogP contribution in [-0.2, 0) is 16.1 Å². The van der Waals surface area contributed by atoms with Gasteiger partial charge in [-0.15, -0.1) is 0 Å². The summed E-state index contributed by atoms with van der Waals surface area (Å²) >= 11 is 1.58. The summed E-state index contributed by atoms with van der Waals surface area (Å²) in [4.78, 5) is 29.3. The van der Waals surface area contributed by atoms with Crippen molar-refractivity contribution in [3.8, 4) is 11.1 Å². The number of nitrogens with zero attached hydrogens (tertiary/aromatic N) is 2. The van der Waals surface area contributed by atoms with Crippen molar-refractivity contribution in [3.05, 3.63) is 84.2 Å². The number of ether oxygens (including phenoxy) is 1. The Bertz CT molecular complexity index is 1100. The maximum atomic E-state index is 13.5. The van der Waals surface area contributed by atoms with E-state index in [1.807, 2.05) is 41.3 Å². The fourth-order valence-corrected chi connectivity index (χ4v) is 3.77. The Morgan fingerprint density at radius 1 is 1.24 bits per heavy atom. The number of rotatable bonds is 10. The second-order valence-electron chi connectivity index (χ2n) is 7.30. The van der Waals surface area contributed by atoms with E-state index in [1.54, 1.807) is 42.5 Å². The highest BCUT2D eigenvalue weighted by atomic mass is 32.2. The molecule has 0 bridgehead atoms. The van der Waals surface area contributed by atoms with E-state index in [1.165, 1.54) is 19.2 Å². The number of hydrogen-bond acceptors (Lipinski definition) is 5. The number of nitrogens with one attached hydrogen (secondary N) is 1. The van der Waals surface area contributed by atoms with Crippen molar-refractivity contribution in [1.29, 1.82) is 0 Å². The molecule has 1 amide bonds. The highest BCUT2D eigenvalue weighted by Gasteiger charge is 2.23. The number of thioether (sulfide) groups is 1. The van der Waals surface area contributed by atoms with Crippen LogP contribution in [-0.4, -0.2) is 46.6 Å². The van der Waals surface area contributed by atoms with E-state index in [2.05, 4.69) is 10.3 Å². The Kier molecular flexibility index (Phi) is 8.83. The zero-order valence-electron chi connectivity index (χ0n) is 18.5. The third-order valence-electron chi connectivity index (χ3n) is 5.03. The summed E-state index contributed by atoms with van der Waals surface area (Å²) in [6.45, 7) is 0.657. The average molecular weight is 468 g/mol. The van der Waals surface area contributed by atoms with Crippen LogP contribution in [0.5, 0.6) is 0 Å². The number of halogens is 1. The topological polar surface area (TPSA) is 73.2 Å². The third kappa shape index (κ3) is 6.79. The van der Waals surface area contributed by atoms with Crippen molar-refractivity contribution in [2.24, 2.45) is 0 Å². The van der Waals surface area contributed by atoms with Crippen LogP contribution in [0.1, 0.15) is 22.3 Å². The number of benzene rings is 2. The molecule has 0 saturated heterocycles. The molecule has 3 rings (SSSR count). The van der Waals surface area contributed by atoms with Crippen molar-refractivity contribution in [2.75, 3.05) is 19.1 Å². The van der Waals surface area contributed by atoms with Gasteiger partial charge in [0.25, 0.3) is 5.91 Å². The largest absolute Gasteiger partial charge is 0.467 e. The first-order chi connectivity index (χ1) is 16.0. The van der Waals surface area contributed by atoms with Crippen molar-refractivity contribution >= 4 is 29.7 Å². The van der Waals surface area contributed by atoms with Gasteiger partial charge in [0.05, 0.1) is 13.4 Å². The number of carbonyl (C=O) groups excluding carboxylic acids is 2. The van der Waals surface area contributed by atoms with E-state index in [0.29, 0.717) is 35.4 Å². The molecule has 0 aliphatic carbocycles. The summed E-state index contributed by atoms with van der Waals surface area (Å²) in [5, 5.41) is 2.79. The first kappa shape index (κ1) is 24.3. The molecular weight excluding hydrogens is 441 g/mol. The number of carbonyl (C=O) groups is 2. The number of amides is 1. The van der Waals surface area contributed by atoms with Gasteiger partial charge in [0.2, 0.25) is 0 Å². The summed E-state index contributed by atoms with van der Waals surface area (Å²) in [5.41, 5.74) is 2.63. The lowest BCUT2D eigenvalue weighted by molar-refractivity contribution is -0.142. The molecule has 3 aromatic rings. The van der Waals surface area contributed by atoms with Crippen molar-refractivity contribution in [1.82, 2.24) is 14.9 Å². The number of allylic oxidation sites excluding steroid dienone is 1. The SMILES string of the molecule is COC(=O)[C@H](CCSC)NC(=O)c1ccc(/C=C/Cn2ccnc2)cc1-c1ccc(F)cc1. The van der Waals surface area contributed by atoms with E-state index in [-0.39, 0.29) is 11.7 Å². The highest BCUT2D eigenvalue weighted by molar-refractivity contribution is 7.98. The fourth-order valence-electron chi connectivity index (χ4n) is 3.30. The van der Waals surface area contributed by atoms with Crippen LogP contribution in [0.25, 0.3) is 17.2 Å². The van der Waals surface area contributed by atoms with Gasteiger partial charge in [0, 0.05) is 24.5 Å². The van der Waals surface area contributed by atoms with Crippen LogP contribution in [0.2, 0.25) is 0 Å². The average Bonchev–Trinajstić information content (AvgIpc) is 3.35. The number of esters is 1. The Morgan fingerprint density at radius 3 is 2.70 bits per heavy atom. The minimum Gasteiger partial charge on any atom is -0.467 e. The predicted molar refractivity (Wildman–Crippen MR) is 129 cm³/mol. The summed E-state index contributed by atoms with van der Waals surface area (Å²) in [6.07, 6.45) is 11.6. The molecule has 1 N–H and O–H groups in total.